The highest BCUT2D eigenvalue weighted by Crippen LogP contribution is 2.23. The molecule has 0 aliphatic heterocycles. The first kappa shape index (κ1) is 16.1. The number of hydrogen-bond donors (Lipinski definition) is 2. The van der Waals surface area contributed by atoms with E-state index in [9.17, 15) is 9.59 Å². The van der Waals surface area contributed by atoms with E-state index in [0.29, 0.717) is 27.7 Å². The minimum absolute atomic E-state index is 0.188. The molecule has 24 heavy (non-hydrogen) atoms. The molecule has 1 atom stereocenters. The van der Waals surface area contributed by atoms with Gasteiger partial charge in [-0.3, -0.25) is 9.20 Å². The van der Waals surface area contributed by atoms with E-state index in [-0.39, 0.29) is 10.8 Å². The Balaban J connectivity index is 1.81. The molecule has 0 radical (unpaired) electrons. The monoisotopic (exact) mass is 345 g/mol. The summed E-state index contributed by atoms with van der Waals surface area (Å²) in [5.41, 5.74) is 1.58. The zero-order valence-electron chi connectivity index (χ0n) is 13.3. The molecule has 0 aliphatic carbocycles. The fraction of sp³-hybridized carbons (Fsp3) is 0.267. The summed E-state index contributed by atoms with van der Waals surface area (Å²) < 4.78 is 1.73. The van der Waals surface area contributed by atoms with Crippen LogP contribution >= 0.6 is 11.3 Å². The van der Waals surface area contributed by atoms with Gasteiger partial charge in [0.25, 0.3) is 5.91 Å². The number of amides is 1. The number of carboxylic acid groups (broad SMARTS) is 1. The highest BCUT2D eigenvalue weighted by Gasteiger charge is 2.20. The van der Waals surface area contributed by atoms with E-state index in [4.69, 9.17) is 5.11 Å². The summed E-state index contributed by atoms with van der Waals surface area (Å²) in [6.07, 6.45) is 1.67. The Labute approximate surface area is 141 Å². The second-order valence-electron chi connectivity index (χ2n) is 5.36. The van der Waals surface area contributed by atoms with Gasteiger partial charge >= 0.3 is 5.97 Å². The summed E-state index contributed by atoms with van der Waals surface area (Å²) in [5.74, 6) is -0.597. The van der Waals surface area contributed by atoms with Crippen molar-refractivity contribution in [1.82, 2.24) is 24.9 Å². The average Bonchev–Trinajstić information content (AvgIpc) is 3.10. The van der Waals surface area contributed by atoms with Gasteiger partial charge in [-0.2, -0.15) is 0 Å². The molecule has 3 rings (SSSR count). The summed E-state index contributed by atoms with van der Waals surface area (Å²) in [7, 11) is 0. The van der Waals surface area contributed by atoms with Gasteiger partial charge in [-0.25, -0.2) is 9.78 Å². The lowest BCUT2D eigenvalue weighted by molar-refractivity contribution is 0.0701. The smallest absolute Gasteiger partial charge is 0.347 e. The van der Waals surface area contributed by atoms with Crippen molar-refractivity contribution in [2.75, 3.05) is 0 Å². The fourth-order valence-electron chi connectivity index (χ4n) is 2.28. The van der Waals surface area contributed by atoms with E-state index >= 15 is 0 Å². The van der Waals surface area contributed by atoms with Crippen molar-refractivity contribution < 1.29 is 14.7 Å². The van der Waals surface area contributed by atoms with Gasteiger partial charge in [0.15, 0.2) is 5.65 Å². The first-order chi connectivity index (χ1) is 11.4. The van der Waals surface area contributed by atoms with Crippen LogP contribution in [0.3, 0.4) is 0 Å². The molecule has 3 aromatic rings. The summed E-state index contributed by atoms with van der Waals surface area (Å²) >= 11 is 1.07. The number of rotatable bonds is 4. The Morgan fingerprint density at radius 1 is 1.29 bits per heavy atom. The second-order valence-corrected chi connectivity index (χ2v) is 6.39. The quantitative estimate of drug-likeness (QED) is 0.748. The van der Waals surface area contributed by atoms with Crippen LogP contribution in [0.15, 0.2) is 18.3 Å². The number of nitrogens with zero attached hydrogens (tertiary/aromatic N) is 4. The van der Waals surface area contributed by atoms with Crippen LogP contribution < -0.4 is 5.32 Å². The van der Waals surface area contributed by atoms with Crippen molar-refractivity contribution in [3.05, 3.63) is 45.3 Å². The maximum absolute atomic E-state index is 12.4. The summed E-state index contributed by atoms with van der Waals surface area (Å²) in [4.78, 5) is 27.9. The van der Waals surface area contributed by atoms with Crippen LogP contribution in [-0.4, -0.2) is 36.6 Å². The molecule has 9 heteroatoms. The Morgan fingerprint density at radius 2 is 2.04 bits per heavy atom. The number of aryl methyl sites for hydroxylation is 2. The molecule has 0 aromatic carbocycles. The number of thiazole rings is 1. The highest BCUT2D eigenvalue weighted by atomic mass is 32.1. The van der Waals surface area contributed by atoms with Crippen molar-refractivity contribution in [2.24, 2.45) is 0 Å². The summed E-state index contributed by atoms with van der Waals surface area (Å²) in [5, 5.41) is 20.4. The molecular weight excluding hydrogens is 330 g/mol. The van der Waals surface area contributed by atoms with E-state index in [1.807, 2.05) is 0 Å². The zero-order valence-corrected chi connectivity index (χ0v) is 14.1. The number of fused-ring (bicyclic) bond motifs is 1. The van der Waals surface area contributed by atoms with E-state index in [0.717, 1.165) is 11.3 Å². The van der Waals surface area contributed by atoms with Gasteiger partial charge in [0.2, 0.25) is 0 Å². The van der Waals surface area contributed by atoms with Crippen molar-refractivity contribution in [3.63, 3.8) is 0 Å². The molecule has 8 nitrogen and oxygen atoms in total. The van der Waals surface area contributed by atoms with Crippen LogP contribution in [0.4, 0.5) is 0 Å². The molecule has 1 unspecified atom stereocenters. The van der Waals surface area contributed by atoms with Crippen molar-refractivity contribution in [1.29, 1.82) is 0 Å². The maximum Gasteiger partial charge on any atom is 0.347 e. The molecular formula is C15H15N5O3S. The first-order valence-electron chi connectivity index (χ1n) is 7.19. The van der Waals surface area contributed by atoms with Crippen LogP contribution in [0.1, 0.15) is 49.5 Å². The maximum atomic E-state index is 12.4. The predicted octanol–water partition coefficient (Wildman–Crippen LogP) is 1.99. The van der Waals surface area contributed by atoms with E-state index in [1.54, 1.807) is 43.5 Å². The standard InChI is InChI=1S/C15H15N5O3S/c1-7-12(15(22)23)24-14(17-7)8(2)16-13(21)10-4-5-11-19-18-9(3)20(11)6-10/h4-6,8H,1-3H3,(H,16,21)(H,22,23). The molecule has 3 aromatic heterocycles. The SMILES string of the molecule is Cc1nc(C(C)NC(=O)c2ccc3nnc(C)n3c2)sc1C(=O)O. The van der Waals surface area contributed by atoms with Gasteiger partial charge in [0.1, 0.15) is 15.7 Å². The second kappa shape index (κ2) is 6.00. The Morgan fingerprint density at radius 3 is 2.71 bits per heavy atom. The van der Waals surface area contributed by atoms with Gasteiger partial charge in [-0.05, 0) is 32.9 Å². The summed E-state index contributed by atoms with van der Waals surface area (Å²) in [6.45, 7) is 5.21. The third-order valence-electron chi connectivity index (χ3n) is 3.56. The van der Waals surface area contributed by atoms with Gasteiger partial charge in [-0.15, -0.1) is 21.5 Å². The largest absolute Gasteiger partial charge is 0.477 e. The summed E-state index contributed by atoms with van der Waals surface area (Å²) in [6, 6.07) is 2.99. The molecule has 0 bridgehead atoms. The van der Waals surface area contributed by atoms with E-state index in [2.05, 4.69) is 20.5 Å². The molecule has 0 aliphatic rings. The lowest BCUT2D eigenvalue weighted by atomic mass is 10.2. The lowest BCUT2D eigenvalue weighted by Crippen LogP contribution is -2.26. The van der Waals surface area contributed by atoms with Gasteiger partial charge in [-0.1, -0.05) is 0 Å². The van der Waals surface area contributed by atoms with Gasteiger partial charge in [0, 0.05) is 6.20 Å². The Bertz CT molecular complexity index is 946. The fourth-order valence-corrected chi connectivity index (χ4v) is 3.19. The molecule has 0 fully saturated rings. The van der Waals surface area contributed by atoms with Crippen LogP contribution in [0, 0.1) is 13.8 Å². The third kappa shape index (κ3) is 2.85. The number of pyridine rings is 1. The van der Waals surface area contributed by atoms with Crippen molar-refractivity contribution >= 4 is 28.9 Å². The third-order valence-corrected chi connectivity index (χ3v) is 4.89. The first-order valence-corrected chi connectivity index (χ1v) is 8.01. The number of carboxylic acids is 1. The number of carbonyl (C=O) groups excluding carboxylic acids is 1. The van der Waals surface area contributed by atoms with Crippen LogP contribution in [0.25, 0.3) is 5.65 Å². The number of aromatic nitrogens is 4. The number of hydrogen-bond acceptors (Lipinski definition) is 6. The molecule has 1 amide bonds. The van der Waals surface area contributed by atoms with Crippen molar-refractivity contribution in [2.45, 2.75) is 26.8 Å². The van der Waals surface area contributed by atoms with Crippen LogP contribution in [-0.2, 0) is 0 Å². The van der Waals surface area contributed by atoms with Crippen LogP contribution in [0.2, 0.25) is 0 Å². The molecule has 3 heterocycles. The minimum Gasteiger partial charge on any atom is -0.477 e. The zero-order chi connectivity index (χ0) is 17.4. The normalized spacial score (nSPS) is 12.3. The number of aromatic carboxylic acids is 1. The van der Waals surface area contributed by atoms with Gasteiger partial charge in [0.05, 0.1) is 17.3 Å². The average molecular weight is 345 g/mol. The lowest BCUT2D eigenvalue weighted by Gasteiger charge is -2.11. The highest BCUT2D eigenvalue weighted by molar-refractivity contribution is 7.13. The number of nitrogens with one attached hydrogen (secondary N) is 1. The molecule has 2 N–H and O–H groups in total. The molecule has 0 saturated heterocycles. The predicted molar refractivity (Wildman–Crippen MR) is 87.4 cm³/mol. The van der Waals surface area contributed by atoms with E-state index < -0.39 is 12.0 Å². The van der Waals surface area contributed by atoms with E-state index in [1.165, 1.54) is 0 Å². The Hall–Kier alpha value is -2.81. The van der Waals surface area contributed by atoms with Crippen molar-refractivity contribution in [3.8, 4) is 0 Å². The number of carbonyl (C=O) groups is 2. The van der Waals surface area contributed by atoms with Gasteiger partial charge < -0.3 is 10.4 Å². The molecule has 124 valence electrons. The molecule has 0 saturated carbocycles. The minimum atomic E-state index is -1.01. The Kier molecular flexibility index (Phi) is 4.02. The van der Waals surface area contributed by atoms with Crippen LogP contribution in [0.5, 0.6) is 0 Å². The molecule has 0 spiro atoms. The topological polar surface area (TPSA) is 109 Å².